The molecule has 3 heteroatoms. The largest absolute Gasteiger partial charge is 0.490 e. The number of para-hydroxylation sites is 1. The van der Waals surface area contributed by atoms with E-state index in [1.165, 1.54) is 0 Å². The Bertz CT molecular complexity index is 383. The lowest BCUT2D eigenvalue weighted by Gasteiger charge is -2.11. The van der Waals surface area contributed by atoms with Crippen molar-refractivity contribution in [3.05, 3.63) is 35.9 Å². The van der Waals surface area contributed by atoms with Crippen LogP contribution in [0.1, 0.15) is 25.8 Å². The molecule has 0 aromatic heterocycles. The first-order valence-corrected chi connectivity index (χ1v) is 5.30. The molecule has 1 aromatic rings. The molecule has 0 saturated heterocycles. The topological polar surface area (TPSA) is 52.3 Å². The lowest BCUT2D eigenvalue weighted by molar-refractivity contribution is -0.117. The maximum Gasteiger partial charge on any atom is 0.221 e. The van der Waals surface area contributed by atoms with E-state index < -0.39 is 0 Å². The number of hydrogen-bond acceptors (Lipinski definition) is 2. The van der Waals surface area contributed by atoms with Crippen LogP contribution in [-0.4, -0.2) is 12.0 Å². The predicted molar refractivity (Wildman–Crippen MR) is 65.1 cm³/mol. The van der Waals surface area contributed by atoms with Crippen LogP contribution in [0.3, 0.4) is 0 Å². The van der Waals surface area contributed by atoms with Crippen molar-refractivity contribution in [2.45, 2.75) is 26.4 Å². The van der Waals surface area contributed by atoms with Gasteiger partial charge in [-0.2, -0.15) is 0 Å². The zero-order valence-electron chi connectivity index (χ0n) is 9.64. The van der Waals surface area contributed by atoms with E-state index in [0.717, 1.165) is 11.3 Å². The molecule has 3 nitrogen and oxygen atoms in total. The summed E-state index contributed by atoms with van der Waals surface area (Å²) in [5, 5.41) is 0. The Balaban J connectivity index is 2.78. The number of carbonyl (C=O) groups is 1. The third kappa shape index (κ3) is 4.17. The van der Waals surface area contributed by atoms with Gasteiger partial charge in [0.25, 0.3) is 0 Å². The second kappa shape index (κ2) is 5.95. The summed E-state index contributed by atoms with van der Waals surface area (Å²) in [4.78, 5) is 10.6. The average Bonchev–Trinajstić information content (AvgIpc) is 2.19. The van der Waals surface area contributed by atoms with Gasteiger partial charge in [-0.1, -0.05) is 30.4 Å². The lowest BCUT2D eigenvalue weighted by Crippen LogP contribution is -2.08. The second-order valence-corrected chi connectivity index (χ2v) is 3.78. The van der Waals surface area contributed by atoms with E-state index in [9.17, 15) is 4.79 Å². The fourth-order valence-corrected chi connectivity index (χ4v) is 1.28. The van der Waals surface area contributed by atoms with Gasteiger partial charge in [0.15, 0.2) is 0 Å². The SMILES string of the molecule is CC(C)Oc1ccccc1C=CCC(N)=O. The van der Waals surface area contributed by atoms with Crippen molar-refractivity contribution in [2.75, 3.05) is 0 Å². The number of benzene rings is 1. The van der Waals surface area contributed by atoms with E-state index in [4.69, 9.17) is 10.5 Å². The van der Waals surface area contributed by atoms with Gasteiger partial charge in [-0.3, -0.25) is 4.79 Å². The van der Waals surface area contributed by atoms with Gasteiger partial charge in [-0.05, 0) is 19.9 Å². The van der Waals surface area contributed by atoms with E-state index >= 15 is 0 Å². The summed E-state index contributed by atoms with van der Waals surface area (Å²) in [6, 6.07) is 7.69. The Hall–Kier alpha value is -1.77. The van der Waals surface area contributed by atoms with Crippen LogP contribution in [0.15, 0.2) is 30.3 Å². The highest BCUT2D eigenvalue weighted by molar-refractivity contribution is 5.76. The van der Waals surface area contributed by atoms with E-state index in [0.29, 0.717) is 0 Å². The van der Waals surface area contributed by atoms with Crippen LogP contribution < -0.4 is 10.5 Å². The monoisotopic (exact) mass is 219 g/mol. The van der Waals surface area contributed by atoms with Crippen molar-refractivity contribution in [1.29, 1.82) is 0 Å². The molecule has 0 aliphatic rings. The summed E-state index contributed by atoms with van der Waals surface area (Å²) in [6.07, 6.45) is 3.97. The molecule has 0 bridgehead atoms. The minimum atomic E-state index is -0.335. The summed E-state index contributed by atoms with van der Waals surface area (Å²) in [5.41, 5.74) is 6.01. The van der Waals surface area contributed by atoms with Crippen molar-refractivity contribution < 1.29 is 9.53 Å². The molecule has 0 atom stereocenters. The molecule has 86 valence electrons. The van der Waals surface area contributed by atoms with Gasteiger partial charge in [0.05, 0.1) is 6.10 Å². The molecule has 0 radical (unpaired) electrons. The molecule has 0 unspecified atom stereocenters. The van der Waals surface area contributed by atoms with Crippen LogP contribution in [0, 0.1) is 0 Å². The summed E-state index contributed by atoms with van der Waals surface area (Å²) in [6.45, 7) is 3.95. The van der Waals surface area contributed by atoms with Crippen molar-refractivity contribution >= 4 is 12.0 Å². The molecule has 0 aliphatic carbocycles. The molecule has 16 heavy (non-hydrogen) atoms. The normalized spacial score (nSPS) is 10.9. The number of amides is 1. The second-order valence-electron chi connectivity index (χ2n) is 3.78. The first-order valence-electron chi connectivity index (χ1n) is 5.30. The molecular formula is C13H17NO2. The van der Waals surface area contributed by atoms with Gasteiger partial charge in [0.2, 0.25) is 5.91 Å². The fourth-order valence-electron chi connectivity index (χ4n) is 1.28. The molecule has 1 rings (SSSR count). The highest BCUT2D eigenvalue weighted by atomic mass is 16.5. The van der Waals surface area contributed by atoms with Crippen LogP contribution in [0.5, 0.6) is 5.75 Å². The fraction of sp³-hybridized carbons (Fsp3) is 0.308. The van der Waals surface area contributed by atoms with Gasteiger partial charge < -0.3 is 10.5 Å². The van der Waals surface area contributed by atoms with E-state index in [1.807, 2.05) is 44.2 Å². The minimum Gasteiger partial charge on any atom is -0.490 e. The molecular weight excluding hydrogens is 202 g/mol. The molecule has 0 aliphatic heterocycles. The van der Waals surface area contributed by atoms with Gasteiger partial charge in [0, 0.05) is 12.0 Å². The Morgan fingerprint density at radius 2 is 2.12 bits per heavy atom. The van der Waals surface area contributed by atoms with Crippen molar-refractivity contribution in [1.82, 2.24) is 0 Å². The summed E-state index contributed by atoms with van der Waals surface area (Å²) < 4.78 is 5.64. The summed E-state index contributed by atoms with van der Waals surface area (Å²) in [5.74, 6) is 0.483. The van der Waals surface area contributed by atoms with E-state index in [1.54, 1.807) is 6.08 Å². The maximum absolute atomic E-state index is 10.6. The van der Waals surface area contributed by atoms with Crippen molar-refractivity contribution in [3.8, 4) is 5.75 Å². The highest BCUT2D eigenvalue weighted by Gasteiger charge is 2.01. The molecule has 0 saturated carbocycles. The Kier molecular flexibility index (Phi) is 4.58. The number of hydrogen-bond donors (Lipinski definition) is 1. The zero-order chi connectivity index (χ0) is 12.0. The number of rotatable bonds is 5. The predicted octanol–water partition coefficient (Wildman–Crippen LogP) is 2.36. The molecule has 1 amide bonds. The van der Waals surface area contributed by atoms with Gasteiger partial charge >= 0.3 is 0 Å². The minimum absolute atomic E-state index is 0.130. The number of primary amides is 1. The maximum atomic E-state index is 10.6. The van der Waals surface area contributed by atoms with Crippen LogP contribution in [0.2, 0.25) is 0 Å². The number of carbonyl (C=O) groups excluding carboxylic acids is 1. The summed E-state index contributed by atoms with van der Waals surface area (Å²) in [7, 11) is 0. The van der Waals surface area contributed by atoms with E-state index in [-0.39, 0.29) is 18.4 Å². The average molecular weight is 219 g/mol. The Morgan fingerprint density at radius 3 is 2.75 bits per heavy atom. The standard InChI is InChI=1S/C13H17NO2/c1-10(2)16-12-8-4-3-6-11(12)7-5-9-13(14)15/h3-8,10H,9H2,1-2H3,(H2,14,15). The van der Waals surface area contributed by atoms with Crippen LogP contribution in [0.25, 0.3) is 6.08 Å². The van der Waals surface area contributed by atoms with Gasteiger partial charge in [-0.15, -0.1) is 0 Å². The molecule has 0 fully saturated rings. The first-order chi connectivity index (χ1) is 7.59. The quantitative estimate of drug-likeness (QED) is 0.826. The first kappa shape index (κ1) is 12.3. The number of nitrogens with two attached hydrogens (primary N) is 1. The van der Waals surface area contributed by atoms with Crippen LogP contribution in [0.4, 0.5) is 0 Å². The number of ether oxygens (including phenoxy) is 1. The third-order valence-electron chi connectivity index (χ3n) is 1.90. The Morgan fingerprint density at radius 1 is 1.44 bits per heavy atom. The van der Waals surface area contributed by atoms with Crippen molar-refractivity contribution in [3.63, 3.8) is 0 Å². The van der Waals surface area contributed by atoms with Gasteiger partial charge in [-0.25, -0.2) is 0 Å². The smallest absolute Gasteiger partial charge is 0.221 e. The third-order valence-corrected chi connectivity index (χ3v) is 1.90. The van der Waals surface area contributed by atoms with Crippen LogP contribution >= 0.6 is 0 Å². The molecule has 0 spiro atoms. The molecule has 1 aromatic carbocycles. The van der Waals surface area contributed by atoms with E-state index in [2.05, 4.69) is 0 Å². The molecule has 2 N–H and O–H groups in total. The summed E-state index contributed by atoms with van der Waals surface area (Å²) >= 11 is 0. The van der Waals surface area contributed by atoms with Crippen LogP contribution in [-0.2, 0) is 4.79 Å². The lowest BCUT2D eigenvalue weighted by atomic mass is 10.1. The van der Waals surface area contributed by atoms with Crippen molar-refractivity contribution in [2.24, 2.45) is 5.73 Å². The molecule has 0 heterocycles. The van der Waals surface area contributed by atoms with Gasteiger partial charge in [0.1, 0.15) is 5.75 Å². The highest BCUT2D eigenvalue weighted by Crippen LogP contribution is 2.20. The zero-order valence-corrected chi connectivity index (χ0v) is 9.64. The Labute approximate surface area is 95.9 Å².